The number of rotatable bonds is 3. The third kappa shape index (κ3) is 2.48. The van der Waals surface area contributed by atoms with Crippen molar-refractivity contribution >= 4 is 23.4 Å². The van der Waals surface area contributed by atoms with Gasteiger partial charge in [0, 0.05) is 11.6 Å². The van der Waals surface area contributed by atoms with Crippen LogP contribution in [0.3, 0.4) is 0 Å². The van der Waals surface area contributed by atoms with E-state index in [1.165, 1.54) is 23.1 Å². The minimum Gasteiger partial charge on any atom is -0.447 e. The standard InChI is InChI=1S/C17H17FN2O3/c18-14-4-3-12(20-5-6-23-17(20)22)9-15(14)19-16(21)13-8-10-1-2-11(13)7-10/h1-4,9-11,13H,5-8H2,(H,19,21). The number of hydrogen-bond acceptors (Lipinski definition) is 3. The molecule has 2 amide bonds. The monoisotopic (exact) mass is 316 g/mol. The second-order valence-electron chi connectivity index (χ2n) is 6.31. The Morgan fingerprint density at radius 1 is 1.30 bits per heavy atom. The summed E-state index contributed by atoms with van der Waals surface area (Å²) in [5.74, 6) is -0.00817. The summed E-state index contributed by atoms with van der Waals surface area (Å²) in [6, 6.07) is 4.26. The van der Waals surface area contributed by atoms with Crippen molar-refractivity contribution in [3.8, 4) is 0 Å². The highest BCUT2D eigenvalue weighted by molar-refractivity contribution is 5.95. The molecule has 2 bridgehead atoms. The van der Waals surface area contributed by atoms with Crippen LogP contribution in [0, 0.1) is 23.6 Å². The second-order valence-corrected chi connectivity index (χ2v) is 6.31. The molecule has 1 saturated carbocycles. The number of fused-ring (bicyclic) bond motifs is 2. The average Bonchev–Trinajstić information content (AvgIpc) is 3.26. The number of hydrogen-bond donors (Lipinski definition) is 1. The Morgan fingerprint density at radius 3 is 2.83 bits per heavy atom. The normalized spacial score (nSPS) is 28.3. The van der Waals surface area contributed by atoms with Gasteiger partial charge in [0.25, 0.3) is 0 Å². The Balaban J connectivity index is 1.53. The predicted octanol–water partition coefficient (Wildman–Crippen LogP) is 2.93. The molecule has 1 saturated heterocycles. The Kier molecular flexibility index (Phi) is 3.32. The average molecular weight is 316 g/mol. The van der Waals surface area contributed by atoms with Crippen molar-refractivity contribution in [2.24, 2.45) is 17.8 Å². The van der Waals surface area contributed by atoms with E-state index in [1.54, 1.807) is 0 Å². The van der Waals surface area contributed by atoms with E-state index in [2.05, 4.69) is 17.5 Å². The lowest BCUT2D eigenvalue weighted by Gasteiger charge is -2.19. The van der Waals surface area contributed by atoms with Crippen LogP contribution in [0.25, 0.3) is 0 Å². The molecular formula is C17H17FN2O3. The second kappa shape index (κ2) is 5.37. The van der Waals surface area contributed by atoms with Crippen LogP contribution >= 0.6 is 0 Å². The smallest absolute Gasteiger partial charge is 0.414 e. The highest BCUT2D eigenvalue weighted by Crippen LogP contribution is 2.43. The number of allylic oxidation sites excluding steroid dienone is 2. The zero-order chi connectivity index (χ0) is 16.0. The Labute approximate surface area is 133 Å². The third-order valence-electron chi connectivity index (χ3n) is 4.90. The fraction of sp³-hybridized carbons (Fsp3) is 0.412. The molecule has 1 aromatic rings. The van der Waals surface area contributed by atoms with Crippen molar-refractivity contribution < 1.29 is 18.7 Å². The van der Waals surface area contributed by atoms with Crippen molar-refractivity contribution in [2.75, 3.05) is 23.4 Å². The fourth-order valence-electron chi connectivity index (χ4n) is 3.71. The lowest BCUT2D eigenvalue weighted by Crippen LogP contribution is -2.27. The van der Waals surface area contributed by atoms with Crippen molar-refractivity contribution in [1.29, 1.82) is 0 Å². The van der Waals surface area contributed by atoms with E-state index < -0.39 is 11.9 Å². The minimum atomic E-state index is -0.506. The van der Waals surface area contributed by atoms with Gasteiger partial charge >= 0.3 is 6.09 Å². The van der Waals surface area contributed by atoms with Crippen LogP contribution in [0.15, 0.2) is 30.4 Å². The number of nitrogens with zero attached hydrogens (tertiary/aromatic N) is 1. The van der Waals surface area contributed by atoms with E-state index in [9.17, 15) is 14.0 Å². The molecule has 3 aliphatic rings. The lowest BCUT2D eigenvalue weighted by atomic mass is 9.93. The topological polar surface area (TPSA) is 58.6 Å². The number of halogens is 1. The van der Waals surface area contributed by atoms with Gasteiger partial charge in [0.15, 0.2) is 0 Å². The van der Waals surface area contributed by atoms with Crippen molar-refractivity contribution in [3.63, 3.8) is 0 Å². The number of carbonyl (C=O) groups is 2. The van der Waals surface area contributed by atoms with Crippen LogP contribution in [-0.2, 0) is 9.53 Å². The summed E-state index contributed by atoms with van der Waals surface area (Å²) in [4.78, 5) is 25.5. The summed E-state index contributed by atoms with van der Waals surface area (Å²) in [6.45, 7) is 0.740. The molecule has 1 N–H and O–H groups in total. The highest BCUT2D eigenvalue weighted by atomic mass is 19.1. The van der Waals surface area contributed by atoms with Crippen LogP contribution in [0.1, 0.15) is 12.8 Å². The number of benzene rings is 1. The molecule has 23 heavy (non-hydrogen) atoms. The van der Waals surface area contributed by atoms with Crippen molar-refractivity contribution in [1.82, 2.24) is 0 Å². The van der Waals surface area contributed by atoms with Crippen LogP contribution in [0.5, 0.6) is 0 Å². The molecule has 2 fully saturated rings. The molecule has 6 heteroatoms. The maximum atomic E-state index is 14.0. The highest BCUT2D eigenvalue weighted by Gasteiger charge is 2.40. The first kappa shape index (κ1) is 14.2. The Bertz CT molecular complexity index is 703. The van der Waals surface area contributed by atoms with E-state index in [4.69, 9.17) is 4.74 Å². The van der Waals surface area contributed by atoms with Gasteiger partial charge < -0.3 is 10.1 Å². The van der Waals surface area contributed by atoms with E-state index in [0.29, 0.717) is 24.8 Å². The molecule has 120 valence electrons. The zero-order valence-electron chi connectivity index (χ0n) is 12.5. The molecule has 0 aromatic heterocycles. The number of anilines is 2. The van der Waals surface area contributed by atoms with Gasteiger partial charge in [-0.1, -0.05) is 12.2 Å². The van der Waals surface area contributed by atoms with Gasteiger partial charge in [-0.25, -0.2) is 9.18 Å². The molecule has 3 unspecified atom stereocenters. The van der Waals surface area contributed by atoms with E-state index in [1.807, 2.05) is 0 Å². The van der Waals surface area contributed by atoms with Crippen molar-refractivity contribution in [2.45, 2.75) is 12.8 Å². The molecule has 1 aromatic carbocycles. The summed E-state index contributed by atoms with van der Waals surface area (Å²) in [5, 5.41) is 2.69. The minimum absolute atomic E-state index is 0.0928. The molecule has 4 rings (SSSR count). The number of nitrogens with one attached hydrogen (secondary N) is 1. The van der Waals surface area contributed by atoms with Gasteiger partial charge in [-0.15, -0.1) is 0 Å². The Hall–Kier alpha value is -2.37. The van der Waals surface area contributed by atoms with E-state index >= 15 is 0 Å². The lowest BCUT2D eigenvalue weighted by molar-refractivity contribution is -0.120. The largest absolute Gasteiger partial charge is 0.447 e. The van der Waals surface area contributed by atoms with Gasteiger partial charge in [0.05, 0.1) is 12.2 Å². The van der Waals surface area contributed by atoms with Crippen molar-refractivity contribution in [3.05, 3.63) is 36.2 Å². The van der Waals surface area contributed by atoms with Crippen LogP contribution in [0.4, 0.5) is 20.6 Å². The van der Waals surface area contributed by atoms with Gasteiger partial charge in [-0.05, 0) is 42.9 Å². The number of amides is 2. The quantitative estimate of drug-likeness (QED) is 0.872. The van der Waals surface area contributed by atoms with Gasteiger partial charge in [0.2, 0.25) is 5.91 Å². The molecule has 1 aliphatic heterocycles. The molecule has 0 spiro atoms. The summed E-state index contributed by atoms with van der Waals surface area (Å²) in [7, 11) is 0. The predicted molar refractivity (Wildman–Crippen MR) is 82.6 cm³/mol. The van der Waals surface area contributed by atoms with Crippen LogP contribution in [0.2, 0.25) is 0 Å². The summed E-state index contributed by atoms with van der Waals surface area (Å²) >= 11 is 0. The number of cyclic esters (lactones) is 1. The van der Waals surface area contributed by atoms with Gasteiger partial charge in [-0.3, -0.25) is 9.69 Å². The first-order chi connectivity index (χ1) is 11.1. The number of ether oxygens (including phenoxy) is 1. The summed E-state index contributed by atoms with van der Waals surface area (Å²) in [6.07, 6.45) is 5.64. The van der Waals surface area contributed by atoms with Gasteiger partial charge in [-0.2, -0.15) is 0 Å². The van der Waals surface area contributed by atoms with E-state index in [0.717, 1.165) is 12.8 Å². The molecule has 0 radical (unpaired) electrons. The molecule has 2 aliphatic carbocycles. The van der Waals surface area contributed by atoms with E-state index in [-0.39, 0.29) is 23.4 Å². The van der Waals surface area contributed by atoms with Crippen LogP contribution < -0.4 is 10.2 Å². The van der Waals surface area contributed by atoms with Gasteiger partial charge in [0.1, 0.15) is 12.4 Å². The Morgan fingerprint density at radius 2 is 2.17 bits per heavy atom. The summed E-state index contributed by atoms with van der Waals surface area (Å²) < 4.78 is 18.9. The first-order valence-corrected chi connectivity index (χ1v) is 7.85. The summed E-state index contributed by atoms with van der Waals surface area (Å²) in [5.41, 5.74) is 0.635. The molecule has 5 nitrogen and oxygen atoms in total. The third-order valence-corrected chi connectivity index (χ3v) is 4.90. The maximum absolute atomic E-state index is 14.0. The van der Waals surface area contributed by atoms with Crippen LogP contribution in [-0.4, -0.2) is 25.2 Å². The fourth-order valence-corrected chi connectivity index (χ4v) is 3.71. The molecular weight excluding hydrogens is 299 g/mol. The maximum Gasteiger partial charge on any atom is 0.414 e. The first-order valence-electron chi connectivity index (χ1n) is 7.85. The molecule has 3 atom stereocenters. The zero-order valence-corrected chi connectivity index (χ0v) is 12.5. The molecule has 1 heterocycles. The SMILES string of the molecule is O=C(Nc1cc(N2CCOC2=O)ccc1F)C1CC2C=CC1C2. The number of carbonyl (C=O) groups excluding carboxylic acids is 2.